The number of hydrogen-bond donors (Lipinski definition) is 1. The molecule has 0 bridgehead atoms. The number of alkyl halides is 6. The van der Waals surface area contributed by atoms with E-state index in [9.17, 15) is 26.3 Å². The maximum absolute atomic E-state index is 13.4. The fourth-order valence-corrected chi connectivity index (χ4v) is 4.88. The predicted molar refractivity (Wildman–Crippen MR) is 115 cm³/mol. The quantitative estimate of drug-likeness (QED) is 0.533. The molecule has 2 fully saturated rings. The fraction of sp³-hybridized carbons (Fsp3) is 0.727. The van der Waals surface area contributed by atoms with Gasteiger partial charge in [0.25, 0.3) is 0 Å². The zero-order valence-electron chi connectivity index (χ0n) is 19.7. The van der Waals surface area contributed by atoms with E-state index in [0.717, 1.165) is 31.3 Å². The summed E-state index contributed by atoms with van der Waals surface area (Å²) in [6, 6.07) is -0.116. The van der Waals surface area contributed by atoms with Crippen molar-refractivity contribution in [2.45, 2.75) is 81.6 Å². The van der Waals surface area contributed by atoms with Crippen molar-refractivity contribution in [3.8, 4) is 5.88 Å². The largest absolute Gasteiger partial charge is 0.469 e. The van der Waals surface area contributed by atoms with Crippen molar-refractivity contribution < 1.29 is 40.6 Å². The van der Waals surface area contributed by atoms with E-state index >= 15 is 0 Å². The second kappa shape index (κ2) is 10.2. The molecule has 1 unspecified atom stereocenters. The van der Waals surface area contributed by atoms with Crippen LogP contribution in [0, 0.1) is 0 Å². The lowest BCUT2D eigenvalue weighted by atomic mass is 9.85. The van der Waals surface area contributed by atoms with Crippen LogP contribution in [0.2, 0.25) is 0 Å². The zero-order valence-corrected chi connectivity index (χ0v) is 19.7. The SMILES string of the molecule is FC(F)(F)COC1CCn2c(nnc2[C@H]2CCC[C@@H](Nc3ncc(C(F)(F)F)c(OC4COC4)n3)C2)C1. The van der Waals surface area contributed by atoms with Crippen LogP contribution >= 0.6 is 0 Å². The minimum atomic E-state index is -4.65. The topological polar surface area (TPSA) is 96.2 Å². The fourth-order valence-electron chi connectivity index (χ4n) is 4.88. The lowest BCUT2D eigenvalue weighted by Gasteiger charge is -2.31. The number of fused-ring (bicyclic) bond motifs is 1. The number of anilines is 1. The van der Waals surface area contributed by atoms with Crippen molar-refractivity contribution in [1.29, 1.82) is 0 Å². The van der Waals surface area contributed by atoms with Gasteiger partial charge in [-0.3, -0.25) is 0 Å². The lowest BCUT2D eigenvalue weighted by Crippen LogP contribution is -2.39. The monoisotopic (exact) mass is 536 g/mol. The molecule has 1 saturated carbocycles. The third-order valence-electron chi connectivity index (χ3n) is 6.74. The highest BCUT2D eigenvalue weighted by atomic mass is 19.4. The van der Waals surface area contributed by atoms with Gasteiger partial charge >= 0.3 is 12.4 Å². The summed E-state index contributed by atoms with van der Waals surface area (Å²) in [6.45, 7) is -0.428. The van der Waals surface area contributed by atoms with E-state index in [2.05, 4.69) is 25.5 Å². The number of halogens is 6. The smallest absolute Gasteiger partial charge is 0.423 e. The van der Waals surface area contributed by atoms with Gasteiger partial charge in [0.1, 0.15) is 29.9 Å². The van der Waals surface area contributed by atoms with Gasteiger partial charge in [0.2, 0.25) is 11.8 Å². The first-order chi connectivity index (χ1) is 17.5. The van der Waals surface area contributed by atoms with E-state index in [0.29, 0.717) is 25.2 Å². The number of nitrogens with zero attached hydrogens (tertiary/aromatic N) is 5. The summed E-state index contributed by atoms with van der Waals surface area (Å²) in [6.07, 6.45) is -5.61. The first-order valence-corrected chi connectivity index (χ1v) is 12.1. The highest BCUT2D eigenvalue weighted by molar-refractivity contribution is 5.36. The van der Waals surface area contributed by atoms with Crippen molar-refractivity contribution in [3.63, 3.8) is 0 Å². The molecule has 1 N–H and O–H groups in total. The van der Waals surface area contributed by atoms with Crippen LogP contribution in [0.25, 0.3) is 0 Å². The van der Waals surface area contributed by atoms with E-state index in [1.165, 1.54) is 0 Å². The van der Waals surface area contributed by atoms with Crippen LogP contribution in [0.15, 0.2) is 6.20 Å². The minimum absolute atomic E-state index is 0.0254. The van der Waals surface area contributed by atoms with Gasteiger partial charge < -0.3 is 24.1 Å². The standard InChI is InChI=1S/C22H26F6N6O3/c23-21(24,25)11-36-14-4-5-34-17(7-14)32-33-18(34)12-2-1-3-13(6-12)30-20-29-8-16(22(26,27)28)19(31-20)37-15-9-35-10-15/h8,12-15H,1-7,9-11H2,(H,29,30,31)/t12-,13+,14?/m0/s1. The van der Waals surface area contributed by atoms with E-state index < -0.39 is 42.6 Å². The van der Waals surface area contributed by atoms with Crippen LogP contribution in [-0.2, 0) is 28.6 Å². The van der Waals surface area contributed by atoms with E-state index in [-0.39, 0.29) is 37.5 Å². The second-order valence-electron chi connectivity index (χ2n) is 9.56. The number of hydrogen-bond acceptors (Lipinski definition) is 8. The van der Waals surface area contributed by atoms with Crippen LogP contribution in [-0.4, -0.2) is 69.0 Å². The maximum Gasteiger partial charge on any atom is 0.423 e. The zero-order chi connectivity index (χ0) is 26.2. The van der Waals surface area contributed by atoms with Gasteiger partial charge in [0.05, 0.1) is 19.3 Å². The molecule has 2 aliphatic heterocycles. The Bertz CT molecular complexity index is 1090. The molecule has 15 heteroatoms. The Morgan fingerprint density at radius 1 is 1.05 bits per heavy atom. The molecule has 3 atom stereocenters. The van der Waals surface area contributed by atoms with E-state index in [1.54, 1.807) is 0 Å². The summed E-state index contributed by atoms with van der Waals surface area (Å²) in [7, 11) is 0. The van der Waals surface area contributed by atoms with Crippen LogP contribution in [0.4, 0.5) is 32.3 Å². The molecular formula is C22H26F6N6O3. The molecule has 2 aromatic heterocycles. The number of nitrogens with one attached hydrogen (secondary N) is 1. The average Bonchev–Trinajstić information content (AvgIpc) is 3.22. The van der Waals surface area contributed by atoms with Gasteiger partial charge in [-0.2, -0.15) is 31.3 Å². The van der Waals surface area contributed by atoms with Gasteiger partial charge in [-0.1, -0.05) is 6.42 Å². The summed E-state index contributed by atoms with van der Waals surface area (Å²) >= 11 is 0. The molecule has 5 rings (SSSR count). The molecule has 37 heavy (non-hydrogen) atoms. The number of ether oxygens (including phenoxy) is 3. The van der Waals surface area contributed by atoms with Crippen molar-refractivity contribution in [2.75, 3.05) is 25.1 Å². The Balaban J connectivity index is 1.24. The molecule has 4 heterocycles. The molecule has 0 radical (unpaired) electrons. The minimum Gasteiger partial charge on any atom is -0.469 e. The molecule has 3 aliphatic rings. The molecule has 0 aromatic carbocycles. The van der Waals surface area contributed by atoms with Gasteiger partial charge in [-0.15, -0.1) is 10.2 Å². The van der Waals surface area contributed by atoms with Crippen LogP contribution in [0.3, 0.4) is 0 Å². The summed E-state index contributed by atoms with van der Waals surface area (Å²) in [5.41, 5.74) is -1.04. The van der Waals surface area contributed by atoms with Crippen molar-refractivity contribution >= 4 is 5.95 Å². The maximum atomic E-state index is 13.4. The Labute approximate surface area is 207 Å². The summed E-state index contributed by atoms with van der Waals surface area (Å²) in [5.74, 6) is 0.896. The summed E-state index contributed by atoms with van der Waals surface area (Å²) in [5, 5.41) is 11.7. The Morgan fingerprint density at radius 2 is 1.86 bits per heavy atom. The predicted octanol–water partition coefficient (Wildman–Crippen LogP) is 3.90. The third-order valence-corrected chi connectivity index (χ3v) is 6.74. The van der Waals surface area contributed by atoms with Crippen LogP contribution in [0.5, 0.6) is 5.88 Å². The highest BCUT2D eigenvalue weighted by Gasteiger charge is 2.38. The van der Waals surface area contributed by atoms with Crippen molar-refractivity contribution in [1.82, 2.24) is 24.7 Å². The Kier molecular flexibility index (Phi) is 7.18. The van der Waals surface area contributed by atoms with Gasteiger partial charge in [-0.25, -0.2) is 4.98 Å². The Morgan fingerprint density at radius 3 is 2.57 bits per heavy atom. The normalized spacial score (nSPS) is 24.9. The number of aromatic nitrogens is 5. The first kappa shape index (κ1) is 25.9. The first-order valence-electron chi connectivity index (χ1n) is 12.1. The molecule has 2 aromatic rings. The van der Waals surface area contributed by atoms with Gasteiger partial charge in [0, 0.05) is 31.1 Å². The van der Waals surface area contributed by atoms with Crippen LogP contribution in [0.1, 0.15) is 55.2 Å². The van der Waals surface area contributed by atoms with Crippen LogP contribution < -0.4 is 10.1 Å². The van der Waals surface area contributed by atoms with Crippen molar-refractivity contribution in [2.24, 2.45) is 0 Å². The van der Waals surface area contributed by atoms with Gasteiger partial charge in [0.15, 0.2) is 0 Å². The summed E-state index contributed by atoms with van der Waals surface area (Å²) in [4.78, 5) is 7.88. The molecule has 9 nitrogen and oxygen atoms in total. The van der Waals surface area contributed by atoms with E-state index in [4.69, 9.17) is 14.2 Å². The molecule has 1 aliphatic carbocycles. The summed E-state index contributed by atoms with van der Waals surface area (Å²) < 4.78 is 94.9. The lowest BCUT2D eigenvalue weighted by molar-refractivity contribution is -0.187. The highest BCUT2D eigenvalue weighted by Crippen LogP contribution is 2.37. The molecule has 1 saturated heterocycles. The second-order valence-corrected chi connectivity index (χ2v) is 9.56. The average molecular weight is 536 g/mol. The third kappa shape index (κ3) is 6.25. The molecular weight excluding hydrogens is 510 g/mol. The molecule has 0 amide bonds. The van der Waals surface area contributed by atoms with Gasteiger partial charge in [-0.05, 0) is 25.7 Å². The van der Waals surface area contributed by atoms with E-state index in [1.807, 2.05) is 4.57 Å². The molecule has 0 spiro atoms. The Hall–Kier alpha value is -2.68. The number of rotatable bonds is 7. The van der Waals surface area contributed by atoms with Crippen molar-refractivity contribution in [3.05, 3.63) is 23.4 Å². The molecule has 204 valence electrons.